The SMILES string of the molecule is CCCCCCc1ccc(C2CCC(OCCC[Si](Cl)(Cl)Cl)CC2)cc1. The lowest BCUT2D eigenvalue weighted by atomic mass is 9.82. The van der Waals surface area contributed by atoms with Crippen LogP contribution in [0.2, 0.25) is 6.04 Å². The van der Waals surface area contributed by atoms with Crippen LogP contribution < -0.4 is 0 Å². The van der Waals surface area contributed by atoms with E-state index in [1.807, 2.05) is 0 Å². The van der Waals surface area contributed by atoms with Crippen LogP contribution in [0.3, 0.4) is 0 Å². The van der Waals surface area contributed by atoms with Gasteiger partial charge in [-0.3, -0.25) is 0 Å². The highest BCUT2D eigenvalue weighted by atomic mass is 35.8. The van der Waals surface area contributed by atoms with Crippen molar-refractivity contribution in [2.75, 3.05) is 6.61 Å². The van der Waals surface area contributed by atoms with Crippen molar-refractivity contribution in [3.8, 4) is 0 Å². The molecule has 0 spiro atoms. The summed E-state index contributed by atoms with van der Waals surface area (Å²) in [5, 5.41) is 0. The molecular formula is C21H33Cl3OSi. The first-order chi connectivity index (χ1) is 12.5. The molecule has 0 aromatic heterocycles. The Morgan fingerprint density at radius 1 is 0.923 bits per heavy atom. The Bertz CT molecular complexity index is 493. The Morgan fingerprint density at radius 3 is 2.23 bits per heavy atom. The van der Waals surface area contributed by atoms with Gasteiger partial charge in [-0.1, -0.05) is 50.5 Å². The molecular weight excluding hydrogens is 403 g/mol. The van der Waals surface area contributed by atoms with E-state index in [2.05, 4.69) is 31.2 Å². The summed E-state index contributed by atoms with van der Waals surface area (Å²) in [5.41, 5.74) is 2.99. The van der Waals surface area contributed by atoms with Gasteiger partial charge < -0.3 is 4.74 Å². The van der Waals surface area contributed by atoms with Crippen LogP contribution in [0.25, 0.3) is 0 Å². The second kappa shape index (κ2) is 12.0. The maximum Gasteiger partial charge on any atom is 0.341 e. The zero-order valence-electron chi connectivity index (χ0n) is 16.0. The first-order valence-electron chi connectivity index (χ1n) is 10.2. The molecule has 0 amide bonds. The highest BCUT2D eigenvalue weighted by molar-refractivity contribution is 7.64. The molecule has 1 aliphatic carbocycles. The summed E-state index contributed by atoms with van der Waals surface area (Å²) in [7, 11) is 0. The Balaban J connectivity index is 1.65. The Morgan fingerprint density at radius 2 is 1.62 bits per heavy atom. The molecule has 5 heteroatoms. The van der Waals surface area contributed by atoms with Gasteiger partial charge in [-0.25, -0.2) is 0 Å². The van der Waals surface area contributed by atoms with Gasteiger partial charge in [0.05, 0.1) is 6.10 Å². The Hall–Kier alpha value is 0.267. The van der Waals surface area contributed by atoms with E-state index in [1.54, 1.807) is 0 Å². The van der Waals surface area contributed by atoms with E-state index in [-0.39, 0.29) is 0 Å². The van der Waals surface area contributed by atoms with E-state index in [4.69, 9.17) is 38.0 Å². The van der Waals surface area contributed by atoms with E-state index in [0.717, 1.165) is 25.9 Å². The van der Waals surface area contributed by atoms with Gasteiger partial charge in [0, 0.05) is 6.61 Å². The summed E-state index contributed by atoms with van der Waals surface area (Å²) in [4.78, 5) is 0. The van der Waals surface area contributed by atoms with Crippen LogP contribution in [0, 0.1) is 0 Å². The Kier molecular flexibility index (Phi) is 10.4. The van der Waals surface area contributed by atoms with E-state index >= 15 is 0 Å². The molecule has 0 saturated heterocycles. The van der Waals surface area contributed by atoms with Crippen molar-refractivity contribution in [1.82, 2.24) is 0 Å². The van der Waals surface area contributed by atoms with Gasteiger partial charge >= 0.3 is 6.00 Å². The van der Waals surface area contributed by atoms with Gasteiger partial charge in [0.2, 0.25) is 0 Å². The predicted octanol–water partition coefficient (Wildman–Crippen LogP) is 7.90. The second-order valence-electron chi connectivity index (χ2n) is 7.62. The van der Waals surface area contributed by atoms with Crippen LogP contribution in [-0.2, 0) is 11.2 Å². The van der Waals surface area contributed by atoms with Crippen molar-refractivity contribution in [1.29, 1.82) is 0 Å². The molecule has 1 fully saturated rings. The molecule has 1 aromatic rings. The lowest BCUT2D eigenvalue weighted by Crippen LogP contribution is -2.22. The minimum atomic E-state index is -2.48. The fraction of sp³-hybridized carbons (Fsp3) is 0.714. The molecule has 0 heterocycles. The Labute approximate surface area is 174 Å². The zero-order chi connectivity index (χ0) is 18.8. The van der Waals surface area contributed by atoms with E-state index in [1.165, 1.54) is 56.1 Å². The average molecular weight is 436 g/mol. The molecule has 148 valence electrons. The second-order valence-corrected chi connectivity index (χ2v) is 16.9. The molecule has 0 radical (unpaired) electrons. The third-order valence-electron chi connectivity index (χ3n) is 5.40. The molecule has 26 heavy (non-hydrogen) atoms. The van der Waals surface area contributed by atoms with Crippen molar-refractivity contribution < 1.29 is 4.74 Å². The van der Waals surface area contributed by atoms with Crippen molar-refractivity contribution in [3.05, 3.63) is 35.4 Å². The topological polar surface area (TPSA) is 9.23 Å². The first-order valence-corrected chi connectivity index (χ1v) is 15.5. The van der Waals surface area contributed by atoms with Crippen LogP contribution in [0.15, 0.2) is 24.3 Å². The molecule has 0 aliphatic heterocycles. The molecule has 0 bridgehead atoms. The molecule has 0 atom stereocenters. The molecule has 1 aliphatic rings. The highest BCUT2D eigenvalue weighted by Gasteiger charge is 2.25. The van der Waals surface area contributed by atoms with Crippen LogP contribution in [-0.4, -0.2) is 18.7 Å². The third kappa shape index (κ3) is 8.97. The summed E-state index contributed by atoms with van der Waals surface area (Å²) in [6, 6.07) is 7.60. The fourth-order valence-electron chi connectivity index (χ4n) is 3.80. The third-order valence-corrected chi connectivity index (χ3v) is 8.02. The van der Waals surface area contributed by atoms with Gasteiger partial charge in [0.15, 0.2) is 0 Å². The molecule has 0 unspecified atom stereocenters. The number of benzene rings is 1. The molecule has 2 rings (SSSR count). The monoisotopic (exact) mass is 434 g/mol. The maximum absolute atomic E-state index is 5.99. The largest absolute Gasteiger partial charge is 0.378 e. The molecule has 1 aromatic carbocycles. The number of hydrogen-bond donors (Lipinski definition) is 0. The predicted molar refractivity (Wildman–Crippen MR) is 118 cm³/mol. The van der Waals surface area contributed by atoms with E-state index in [9.17, 15) is 0 Å². The van der Waals surface area contributed by atoms with Crippen LogP contribution in [0.5, 0.6) is 0 Å². The molecule has 0 N–H and O–H groups in total. The maximum atomic E-state index is 5.99. The number of hydrogen-bond acceptors (Lipinski definition) is 1. The quantitative estimate of drug-likeness (QED) is 0.195. The summed E-state index contributed by atoms with van der Waals surface area (Å²) in [5.74, 6) is 0.692. The number of unbranched alkanes of at least 4 members (excludes halogenated alkanes) is 3. The smallest absolute Gasteiger partial charge is 0.341 e. The minimum absolute atomic E-state index is 0.390. The van der Waals surface area contributed by atoms with E-state index < -0.39 is 6.00 Å². The van der Waals surface area contributed by atoms with Gasteiger partial charge in [-0.15, -0.1) is 33.2 Å². The number of aryl methyl sites for hydroxylation is 1. The van der Waals surface area contributed by atoms with Gasteiger partial charge in [0.1, 0.15) is 0 Å². The van der Waals surface area contributed by atoms with Gasteiger partial charge in [-0.2, -0.15) is 0 Å². The number of rotatable bonds is 11. The molecule has 1 nitrogen and oxygen atoms in total. The normalized spacial score (nSPS) is 21.1. The van der Waals surface area contributed by atoms with Crippen LogP contribution in [0.1, 0.15) is 81.8 Å². The summed E-state index contributed by atoms with van der Waals surface area (Å²) < 4.78 is 5.99. The van der Waals surface area contributed by atoms with Crippen molar-refractivity contribution in [2.24, 2.45) is 0 Å². The standard InChI is InChI=1S/C21H33Cl3OSi/c1-2-3-4-5-7-18-8-10-19(11-9-18)20-12-14-21(15-13-20)25-16-6-17-26(22,23)24/h8-11,20-21H,2-7,12-17H2,1H3. The average Bonchev–Trinajstić information content (AvgIpc) is 2.63. The van der Waals surface area contributed by atoms with Gasteiger partial charge in [-0.05, 0) is 68.0 Å². The zero-order valence-corrected chi connectivity index (χ0v) is 19.3. The molecule has 1 saturated carbocycles. The summed E-state index contributed by atoms with van der Waals surface area (Å²) in [6.07, 6.45) is 12.5. The summed E-state index contributed by atoms with van der Waals surface area (Å²) in [6.45, 7) is 2.99. The number of ether oxygens (including phenoxy) is 1. The van der Waals surface area contributed by atoms with Crippen LogP contribution in [0.4, 0.5) is 0 Å². The van der Waals surface area contributed by atoms with Gasteiger partial charge in [0.25, 0.3) is 0 Å². The lowest BCUT2D eigenvalue weighted by Gasteiger charge is -2.29. The number of halogens is 3. The van der Waals surface area contributed by atoms with Crippen LogP contribution >= 0.6 is 33.2 Å². The van der Waals surface area contributed by atoms with E-state index in [0.29, 0.717) is 18.1 Å². The first kappa shape index (κ1) is 22.6. The van der Waals surface area contributed by atoms with Crippen molar-refractivity contribution >= 4 is 39.2 Å². The van der Waals surface area contributed by atoms with Crippen molar-refractivity contribution in [2.45, 2.75) is 89.2 Å². The lowest BCUT2D eigenvalue weighted by molar-refractivity contribution is 0.0251. The minimum Gasteiger partial charge on any atom is -0.378 e. The fourth-order valence-corrected chi connectivity index (χ4v) is 5.55. The van der Waals surface area contributed by atoms with Crippen molar-refractivity contribution in [3.63, 3.8) is 0 Å². The highest BCUT2D eigenvalue weighted by Crippen LogP contribution is 2.34. The summed E-state index contributed by atoms with van der Waals surface area (Å²) >= 11 is 17.7.